The van der Waals surface area contributed by atoms with Gasteiger partial charge in [-0.1, -0.05) is 0 Å². The van der Waals surface area contributed by atoms with Gasteiger partial charge in [-0.15, -0.1) is 36.2 Å². The number of morpholine rings is 1. The number of hydrogen-bond donors (Lipinski definition) is 2. The van der Waals surface area contributed by atoms with Crippen molar-refractivity contribution in [1.29, 1.82) is 0 Å². The van der Waals surface area contributed by atoms with Crippen LogP contribution in [0.1, 0.15) is 12.1 Å². The minimum Gasteiger partial charge on any atom is -0.380 e. The number of halogens is 2. The zero-order valence-corrected chi connectivity index (χ0v) is 15.5. The van der Waals surface area contributed by atoms with Crippen LogP contribution in [-0.2, 0) is 20.8 Å². The van der Waals surface area contributed by atoms with E-state index in [4.69, 9.17) is 15.2 Å². The van der Waals surface area contributed by atoms with Gasteiger partial charge in [0.05, 0.1) is 31.4 Å². The first-order chi connectivity index (χ1) is 10.2. The van der Waals surface area contributed by atoms with E-state index in [1.54, 1.807) is 7.11 Å². The number of amides is 1. The van der Waals surface area contributed by atoms with Gasteiger partial charge in [-0.25, -0.2) is 4.98 Å². The van der Waals surface area contributed by atoms with Crippen LogP contribution in [0.4, 0.5) is 5.13 Å². The van der Waals surface area contributed by atoms with E-state index >= 15 is 0 Å². The molecule has 3 N–H and O–H groups in total. The highest BCUT2D eigenvalue weighted by Gasteiger charge is 2.15. The number of anilines is 1. The van der Waals surface area contributed by atoms with Gasteiger partial charge in [0.2, 0.25) is 5.91 Å². The number of hydrogen-bond acceptors (Lipinski definition) is 7. The van der Waals surface area contributed by atoms with Gasteiger partial charge in [0.25, 0.3) is 0 Å². The zero-order valence-electron chi connectivity index (χ0n) is 13.0. The Kier molecular flexibility index (Phi) is 11.7. The zero-order chi connectivity index (χ0) is 15.1. The first kappa shape index (κ1) is 22.5. The Labute approximate surface area is 152 Å². The van der Waals surface area contributed by atoms with E-state index in [0.717, 1.165) is 38.5 Å². The standard InChI is InChI=1S/C13H22N4O3S.2ClH/c1-19-11(7-14)6-12(18)16-13-15-10(9-21-13)8-17-2-4-20-5-3-17;;/h9,11H,2-8,14H2,1H3,(H,15,16,18);2*1H. The van der Waals surface area contributed by atoms with Gasteiger partial charge in [0.1, 0.15) is 0 Å². The number of methoxy groups -OCH3 is 1. The van der Waals surface area contributed by atoms with Crippen molar-refractivity contribution in [3.8, 4) is 0 Å². The molecule has 0 spiro atoms. The molecule has 1 aliphatic rings. The van der Waals surface area contributed by atoms with Crippen LogP contribution in [0.5, 0.6) is 0 Å². The van der Waals surface area contributed by atoms with Crippen molar-refractivity contribution < 1.29 is 14.3 Å². The number of carbonyl (C=O) groups is 1. The topological polar surface area (TPSA) is 89.7 Å². The van der Waals surface area contributed by atoms with Crippen molar-refractivity contribution in [3.05, 3.63) is 11.1 Å². The molecule has 0 aliphatic carbocycles. The molecule has 1 aromatic rings. The number of nitrogens with zero attached hydrogens (tertiary/aromatic N) is 2. The molecule has 134 valence electrons. The largest absolute Gasteiger partial charge is 0.380 e. The molecule has 0 saturated carbocycles. The molecule has 1 saturated heterocycles. The summed E-state index contributed by atoms with van der Waals surface area (Å²) in [7, 11) is 1.55. The van der Waals surface area contributed by atoms with Crippen LogP contribution in [0.15, 0.2) is 5.38 Å². The van der Waals surface area contributed by atoms with E-state index in [1.807, 2.05) is 5.38 Å². The molecule has 1 aromatic heterocycles. The van der Waals surface area contributed by atoms with Crippen molar-refractivity contribution in [2.24, 2.45) is 5.73 Å². The van der Waals surface area contributed by atoms with Gasteiger partial charge in [-0.3, -0.25) is 9.69 Å². The maximum atomic E-state index is 11.8. The molecule has 2 heterocycles. The summed E-state index contributed by atoms with van der Waals surface area (Å²) in [6.07, 6.45) is -0.0106. The molecule has 10 heteroatoms. The smallest absolute Gasteiger partial charge is 0.228 e. The summed E-state index contributed by atoms with van der Waals surface area (Å²) >= 11 is 1.44. The van der Waals surface area contributed by atoms with Crippen LogP contribution in [-0.4, -0.2) is 61.9 Å². The Hall–Kier alpha value is -0.480. The van der Waals surface area contributed by atoms with Gasteiger partial charge < -0.3 is 20.5 Å². The van der Waals surface area contributed by atoms with Crippen LogP contribution in [0.25, 0.3) is 0 Å². The highest BCUT2D eigenvalue weighted by Crippen LogP contribution is 2.17. The number of nitrogens with two attached hydrogens (primary N) is 1. The minimum atomic E-state index is -0.252. The van der Waals surface area contributed by atoms with Crippen molar-refractivity contribution in [2.75, 3.05) is 45.3 Å². The summed E-state index contributed by atoms with van der Waals surface area (Å²) in [5.74, 6) is -0.125. The van der Waals surface area contributed by atoms with Crippen molar-refractivity contribution in [3.63, 3.8) is 0 Å². The van der Waals surface area contributed by atoms with E-state index in [9.17, 15) is 4.79 Å². The summed E-state index contributed by atoms with van der Waals surface area (Å²) in [6, 6.07) is 0. The van der Waals surface area contributed by atoms with E-state index in [-0.39, 0.29) is 43.2 Å². The summed E-state index contributed by atoms with van der Waals surface area (Å²) in [5.41, 5.74) is 6.47. The highest BCUT2D eigenvalue weighted by atomic mass is 35.5. The molecule has 1 aliphatic heterocycles. The monoisotopic (exact) mass is 386 g/mol. The molecule has 1 fully saturated rings. The lowest BCUT2D eigenvalue weighted by molar-refractivity contribution is -0.118. The lowest BCUT2D eigenvalue weighted by atomic mass is 10.2. The third-order valence-corrected chi connectivity index (χ3v) is 4.10. The molecule has 2 rings (SSSR count). The lowest BCUT2D eigenvalue weighted by Crippen LogP contribution is -2.35. The maximum Gasteiger partial charge on any atom is 0.228 e. The quantitative estimate of drug-likeness (QED) is 0.729. The van der Waals surface area contributed by atoms with Crippen LogP contribution >= 0.6 is 36.2 Å². The number of aromatic nitrogens is 1. The Morgan fingerprint density at radius 3 is 2.83 bits per heavy atom. The number of nitrogens with one attached hydrogen (secondary N) is 1. The highest BCUT2D eigenvalue weighted by molar-refractivity contribution is 7.13. The van der Waals surface area contributed by atoms with Crippen LogP contribution in [0.2, 0.25) is 0 Å². The van der Waals surface area contributed by atoms with Gasteiger partial charge in [-0.2, -0.15) is 0 Å². The number of ether oxygens (including phenoxy) is 2. The number of thiazole rings is 1. The fourth-order valence-corrected chi connectivity index (χ4v) is 2.78. The van der Waals surface area contributed by atoms with Crippen LogP contribution < -0.4 is 11.1 Å². The maximum absolute atomic E-state index is 11.8. The van der Waals surface area contributed by atoms with Crippen molar-refractivity contribution >= 4 is 47.2 Å². The number of rotatable bonds is 7. The summed E-state index contributed by atoms with van der Waals surface area (Å²) in [4.78, 5) is 18.6. The predicted molar refractivity (Wildman–Crippen MR) is 95.8 cm³/mol. The molecule has 1 atom stereocenters. The lowest BCUT2D eigenvalue weighted by Gasteiger charge is -2.25. The van der Waals surface area contributed by atoms with Gasteiger partial charge in [-0.05, 0) is 0 Å². The van der Waals surface area contributed by atoms with E-state index in [1.165, 1.54) is 11.3 Å². The van der Waals surface area contributed by atoms with E-state index in [2.05, 4.69) is 15.2 Å². The van der Waals surface area contributed by atoms with Gasteiger partial charge in [0.15, 0.2) is 5.13 Å². The molecule has 0 bridgehead atoms. The fraction of sp³-hybridized carbons (Fsp3) is 0.692. The predicted octanol–water partition coefficient (Wildman–Crippen LogP) is 1.12. The van der Waals surface area contributed by atoms with Crippen LogP contribution in [0.3, 0.4) is 0 Å². The van der Waals surface area contributed by atoms with E-state index < -0.39 is 0 Å². The van der Waals surface area contributed by atoms with Crippen molar-refractivity contribution in [2.45, 2.75) is 19.1 Å². The average molecular weight is 387 g/mol. The first-order valence-corrected chi connectivity index (χ1v) is 7.86. The Balaban J connectivity index is 0.00000242. The summed E-state index contributed by atoms with van der Waals surface area (Å²) in [5, 5.41) is 5.38. The molecule has 23 heavy (non-hydrogen) atoms. The Bertz CT molecular complexity index is 454. The Morgan fingerprint density at radius 2 is 2.22 bits per heavy atom. The first-order valence-electron chi connectivity index (χ1n) is 6.98. The average Bonchev–Trinajstić information content (AvgIpc) is 2.92. The van der Waals surface area contributed by atoms with Gasteiger partial charge in [0, 0.05) is 38.7 Å². The fourth-order valence-electron chi connectivity index (χ4n) is 2.07. The van der Waals surface area contributed by atoms with E-state index in [0.29, 0.717) is 11.7 Å². The minimum absolute atomic E-state index is 0. The molecule has 7 nitrogen and oxygen atoms in total. The molecule has 0 radical (unpaired) electrons. The second-order valence-electron chi connectivity index (χ2n) is 4.88. The second kappa shape index (κ2) is 12.0. The second-order valence-corrected chi connectivity index (χ2v) is 5.74. The number of carbonyl (C=O) groups excluding carboxylic acids is 1. The molecular weight excluding hydrogens is 363 g/mol. The van der Waals surface area contributed by atoms with Crippen molar-refractivity contribution in [1.82, 2.24) is 9.88 Å². The normalized spacial score (nSPS) is 16.1. The van der Waals surface area contributed by atoms with Crippen LogP contribution in [0, 0.1) is 0 Å². The van der Waals surface area contributed by atoms with Gasteiger partial charge >= 0.3 is 0 Å². The summed E-state index contributed by atoms with van der Waals surface area (Å²) in [6.45, 7) is 4.50. The molecule has 1 amide bonds. The Morgan fingerprint density at radius 1 is 1.52 bits per heavy atom. The third-order valence-electron chi connectivity index (χ3n) is 3.30. The third kappa shape index (κ3) is 7.75. The molecular formula is C13H24Cl2N4O3S. The molecule has 0 aromatic carbocycles. The molecule has 1 unspecified atom stereocenters. The SMILES string of the molecule is COC(CN)CC(=O)Nc1nc(CN2CCOCC2)cs1.Cl.Cl. The summed E-state index contributed by atoms with van der Waals surface area (Å²) < 4.78 is 10.4.